The molecule has 124 valence electrons. The topological polar surface area (TPSA) is 50.7 Å². The second kappa shape index (κ2) is 9.38. The third-order valence-electron chi connectivity index (χ3n) is 2.85. The Labute approximate surface area is 172 Å². The fraction of sp³-hybridized carbons (Fsp3) is 0.0588. The van der Waals surface area contributed by atoms with Crippen LogP contribution in [0.1, 0.15) is 15.9 Å². The van der Waals surface area contributed by atoms with E-state index in [1.54, 1.807) is 36.6 Å². The predicted octanol–water partition coefficient (Wildman–Crippen LogP) is 4.88. The van der Waals surface area contributed by atoms with Crippen LogP contribution >= 0.6 is 56.8 Å². The van der Waals surface area contributed by atoms with Gasteiger partial charge in [0.15, 0.2) is 0 Å². The van der Waals surface area contributed by atoms with Gasteiger partial charge in [0.05, 0.1) is 13.4 Å². The Morgan fingerprint density at radius 2 is 1.88 bits per heavy atom. The zero-order chi connectivity index (χ0) is 17.5. The van der Waals surface area contributed by atoms with Crippen molar-refractivity contribution in [1.82, 2.24) is 5.43 Å². The van der Waals surface area contributed by atoms with Gasteiger partial charge in [0, 0.05) is 10.6 Å². The van der Waals surface area contributed by atoms with Gasteiger partial charge < -0.3 is 4.74 Å². The molecule has 24 heavy (non-hydrogen) atoms. The molecule has 0 fully saturated rings. The van der Waals surface area contributed by atoms with Gasteiger partial charge in [0.1, 0.15) is 12.4 Å². The van der Waals surface area contributed by atoms with Crippen LogP contribution in [0.4, 0.5) is 0 Å². The molecule has 0 saturated carbocycles. The largest absolute Gasteiger partial charge is 0.487 e. The third-order valence-corrected chi connectivity index (χ3v) is 4.71. The van der Waals surface area contributed by atoms with Gasteiger partial charge in [0.25, 0.3) is 5.91 Å². The molecular formula is C17H13ClI2N2O2. The summed E-state index contributed by atoms with van der Waals surface area (Å²) >= 11 is 10.2. The maximum atomic E-state index is 12.0. The van der Waals surface area contributed by atoms with E-state index in [9.17, 15) is 4.79 Å². The lowest BCUT2D eigenvalue weighted by Crippen LogP contribution is -2.17. The number of benzene rings is 2. The molecular weight excluding hydrogens is 553 g/mol. The molecule has 1 N–H and O–H groups in total. The van der Waals surface area contributed by atoms with Crippen molar-refractivity contribution < 1.29 is 9.53 Å². The second-order valence-corrected chi connectivity index (χ2v) is 7.38. The van der Waals surface area contributed by atoms with Gasteiger partial charge in [-0.15, -0.1) is 0 Å². The van der Waals surface area contributed by atoms with Crippen molar-refractivity contribution >= 4 is 68.9 Å². The summed E-state index contributed by atoms with van der Waals surface area (Å²) in [5.41, 5.74) is 3.85. The molecule has 0 aliphatic rings. The standard InChI is InChI=1S/C17H13ClI2N2O2/c1-2-7-24-16-14(19)8-11(9-15(16)20)10-21-22-17(23)12-3-5-13(18)6-4-12/h2-6,8-10H,1,7H2,(H,22,23)/b21-10-. The number of amides is 1. The van der Waals surface area contributed by atoms with Crippen LogP contribution in [0.5, 0.6) is 5.75 Å². The average molecular weight is 567 g/mol. The fourth-order valence-electron chi connectivity index (χ4n) is 1.77. The minimum absolute atomic E-state index is 0.293. The lowest BCUT2D eigenvalue weighted by atomic mass is 10.2. The van der Waals surface area contributed by atoms with Gasteiger partial charge in [-0.1, -0.05) is 24.3 Å². The van der Waals surface area contributed by atoms with E-state index in [0.717, 1.165) is 18.5 Å². The van der Waals surface area contributed by atoms with E-state index in [4.69, 9.17) is 16.3 Å². The van der Waals surface area contributed by atoms with E-state index in [1.165, 1.54) is 0 Å². The number of hydrogen-bond acceptors (Lipinski definition) is 3. The number of nitrogens with zero attached hydrogens (tertiary/aromatic N) is 1. The zero-order valence-electron chi connectivity index (χ0n) is 12.4. The van der Waals surface area contributed by atoms with Crippen LogP contribution < -0.4 is 10.2 Å². The molecule has 0 saturated heterocycles. The van der Waals surface area contributed by atoms with Gasteiger partial charge in [-0.05, 0) is 87.1 Å². The van der Waals surface area contributed by atoms with Gasteiger partial charge in [0.2, 0.25) is 0 Å². The summed E-state index contributed by atoms with van der Waals surface area (Å²) < 4.78 is 7.55. The molecule has 2 aromatic rings. The van der Waals surface area contributed by atoms with Gasteiger partial charge >= 0.3 is 0 Å². The molecule has 2 aromatic carbocycles. The van der Waals surface area contributed by atoms with E-state index in [-0.39, 0.29) is 5.91 Å². The summed E-state index contributed by atoms with van der Waals surface area (Å²) in [4.78, 5) is 12.0. The first-order valence-corrected chi connectivity index (χ1v) is 9.36. The number of rotatable bonds is 6. The van der Waals surface area contributed by atoms with E-state index in [1.807, 2.05) is 12.1 Å². The van der Waals surface area contributed by atoms with Gasteiger partial charge in [-0.3, -0.25) is 4.79 Å². The Hall–Kier alpha value is -1.13. The maximum Gasteiger partial charge on any atom is 0.271 e. The van der Waals surface area contributed by atoms with Crippen LogP contribution in [0.2, 0.25) is 5.02 Å². The van der Waals surface area contributed by atoms with E-state index in [2.05, 4.69) is 62.3 Å². The quantitative estimate of drug-likeness (QED) is 0.235. The first-order chi connectivity index (χ1) is 11.5. The van der Waals surface area contributed by atoms with Crippen molar-refractivity contribution in [2.24, 2.45) is 5.10 Å². The Kier molecular flexibility index (Phi) is 7.50. The van der Waals surface area contributed by atoms with E-state index >= 15 is 0 Å². The third kappa shape index (κ3) is 5.45. The normalized spacial score (nSPS) is 10.6. The molecule has 0 heterocycles. The highest BCUT2D eigenvalue weighted by Gasteiger charge is 2.08. The fourth-order valence-corrected chi connectivity index (χ4v) is 4.02. The summed E-state index contributed by atoms with van der Waals surface area (Å²) in [6, 6.07) is 10.5. The van der Waals surface area contributed by atoms with Gasteiger partial charge in [-0.25, -0.2) is 5.43 Å². The van der Waals surface area contributed by atoms with Crippen LogP contribution in [-0.4, -0.2) is 18.7 Å². The monoisotopic (exact) mass is 566 g/mol. The van der Waals surface area contributed by atoms with Crippen molar-refractivity contribution in [3.63, 3.8) is 0 Å². The maximum absolute atomic E-state index is 12.0. The van der Waals surface area contributed by atoms with Crippen molar-refractivity contribution in [3.8, 4) is 5.75 Å². The van der Waals surface area contributed by atoms with Crippen molar-refractivity contribution in [3.05, 3.63) is 72.3 Å². The molecule has 4 nitrogen and oxygen atoms in total. The molecule has 1 amide bonds. The Morgan fingerprint density at radius 1 is 1.25 bits per heavy atom. The minimum atomic E-state index is -0.293. The molecule has 0 atom stereocenters. The highest BCUT2D eigenvalue weighted by molar-refractivity contribution is 14.1. The molecule has 2 rings (SSSR count). The average Bonchev–Trinajstić information content (AvgIpc) is 2.54. The summed E-state index contributed by atoms with van der Waals surface area (Å²) in [5, 5.41) is 4.57. The first kappa shape index (κ1) is 19.2. The summed E-state index contributed by atoms with van der Waals surface area (Å²) in [7, 11) is 0. The van der Waals surface area contributed by atoms with E-state index < -0.39 is 0 Å². The van der Waals surface area contributed by atoms with Crippen LogP contribution in [0.15, 0.2) is 54.2 Å². The Balaban J connectivity index is 2.05. The highest BCUT2D eigenvalue weighted by Crippen LogP contribution is 2.28. The van der Waals surface area contributed by atoms with Crippen LogP contribution in [0.25, 0.3) is 0 Å². The van der Waals surface area contributed by atoms with Gasteiger partial charge in [-0.2, -0.15) is 5.10 Å². The van der Waals surface area contributed by atoms with Crippen LogP contribution in [0, 0.1) is 7.14 Å². The van der Waals surface area contributed by atoms with Crippen molar-refractivity contribution in [2.45, 2.75) is 0 Å². The first-order valence-electron chi connectivity index (χ1n) is 6.83. The number of carbonyl (C=O) groups excluding carboxylic acids is 1. The summed E-state index contributed by atoms with van der Waals surface area (Å²) in [6.45, 7) is 4.10. The predicted molar refractivity (Wildman–Crippen MR) is 114 cm³/mol. The lowest BCUT2D eigenvalue weighted by molar-refractivity contribution is 0.0955. The SMILES string of the molecule is C=CCOc1c(I)cc(/C=N\NC(=O)c2ccc(Cl)cc2)cc1I. The minimum Gasteiger partial charge on any atom is -0.487 e. The van der Waals surface area contributed by atoms with Crippen LogP contribution in [-0.2, 0) is 0 Å². The molecule has 7 heteroatoms. The number of carbonyl (C=O) groups is 1. The molecule has 0 unspecified atom stereocenters. The van der Waals surface area contributed by atoms with Crippen molar-refractivity contribution in [1.29, 1.82) is 0 Å². The molecule has 0 aliphatic heterocycles. The summed E-state index contributed by atoms with van der Waals surface area (Å²) in [5.74, 6) is 0.525. The number of hydrogen-bond donors (Lipinski definition) is 1. The number of ether oxygens (including phenoxy) is 1. The molecule has 0 spiro atoms. The zero-order valence-corrected chi connectivity index (χ0v) is 17.5. The van der Waals surface area contributed by atoms with Crippen molar-refractivity contribution in [2.75, 3.05) is 6.61 Å². The van der Waals surface area contributed by atoms with E-state index in [0.29, 0.717) is 17.2 Å². The smallest absolute Gasteiger partial charge is 0.271 e. The number of nitrogens with one attached hydrogen (secondary N) is 1. The summed E-state index contributed by atoms with van der Waals surface area (Å²) in [6.07, 6.45) is 3.29. The Morgan fingerprint density at radius 3 is 2.46 bits per heavy atom. The molecule has 0 bridgehead atoms. The molecule has 0 aromatic heterocycles. The molecule has 0 aliphatic carbocycles. The Bertz CT molecular complexity index is 754. The number of halogens is 3. The second-order valence-electron chi connectivity index (χ2n) is 4.62. The molecule has 0 radical (unpaired) electrons. The number of hydrazone groups is 1. The van der Waals surface area contributed by atoms with Crippen LogP contribution in [0.3, 0.4) is 0 Å². The highest BCUT2D eigenvalue weighted by atomic mass is 127. The lowest BCUT2D eigenvalue weighted by Gasteiger charge is -2.09.